The van der Waals surface area contributed by atoms with Gasteiger partial charge in [0.15, 0.2) is 0 Å². The Morgan fingerprint density at radius 2 is 2.11 bits per heavy atom. The lowest BCUT2D eigenvalue weighted by Gasteiger charge is -2.22. The van der Waals surface area contributed by atoms with Crippen LogP contribution in [-0.2, 0) is 0 Å². The van der Waals surface area contributed by atoms with Gasteiger partial charge in [-0.25, -0.2) is 4.98 Å². The number of rotatable bonds is 4. The third kappa shape index (κ3) is 3.15. The molecule has 0 spiro atoms. The van der Waals surface area contributed by atoms with Crippen LogP contribution in [0.15, 0.2) is 6.07 Å². The highest BCUT2D eigenvalue weighted by Crippen LogP contribution is 2.25. The number of nitrogens with zero attached hydrogens (tertiary/aromatic N) is 4. The standard InChI is InChI=1S/C14H25N5/c1-6-15-14-16-11(3)7-13(17-14)19-8-10(2)12(9-19)18(4)5/h7,10,12H,6,8-9H2,1-5H3,(H,15,16,17). The SMILES string of the molecule is CCNc1nc(C)cc(N2CC(C)C(N(C)C)C2)n1. The van der Waals surface area contributed by atoms with Gasteiger partial charge in [-0.05, 0) is 33.9 Å². The van der Waals surface area contributed by atoms with Gasteiger partial charge in [0, 0.05) is 37.4 Å². The summed E-state index contributed by atoms with van der Waals surface area (Å²) in [5.74, 6) is 2.44. The lowest BCUT2D eigenvalue weighted by atomic mass is 10.1. The van der Waals surface area contributed by atoms with Crippen molar-refractivity contribution in [2.75, 3.05) is 43.9 Å². The van der Waals surface area contributed by atoms with E-state index in [4.69, 9.17) is 0 Å². The average Bonchev–Trinajstić information content (AvgIpc) is 2.71. The van der Waals surface area contributed by atoms with Gasteiger partial charge in [-0.3, -0.25) is 0 Å². The summed E-state index contributed by atoms with van der Waals surface area (Å²) >= 11 is 0. The molecular formula is C14H25N5. The van der Waals surface area contributed by atoms with Crippen LogP contribution in [0, 0.1) is 12.8 Å². The molecular weight excluding hydrogens is 238 g/mol. The molecule has 0 saturated carbocycles. The van der Waals surface area contributed by atoms with Gasteiger partial charge in [0.1, 0.15) is 5.82 Å². The first-order chi connectivity index (χ1) is 9.01. The average molecular weight is 263 g/mol. The Morgan fingerprint density at radius 1 is 1.37 bits per heavy atom. The van der Waals surface area contributed by atoms with E-state index < -0.39 is 0 Å². The van der Waals surface area contributed by atoms with Gasteiger partial charge in [0.25, 0.3) is 0 Å². The number of nitrogens with one attached hydrogen (secondary N) is 1. The fourth-order valence-electron chi connectivity index (χ4n) is 2.76. The van der Waals surface area contributed by atoms with Crippen LogP contribution in [0.4, 0.5) is 11.8 Å². The summed E-state index contributed by atoms with van der Waals surface area (Å²) in [6.07, 6.45) is 0. The second-order valence-corrected chi connectivity index (χ2v) is 5.63. The number of likely N-dealkylation sites (N-methyl/N-ethyl adjacent to an activating group) is 1. The molecule has 0 radical (unpaired) electrons. The summed E-state index contributed by atoms with van der Waals surface area (Å²) in [4.78, 5) is 13.7. The second-order valence-electron chi connectivity index (χ2n) is 5.63. The highest BCUT2D eigenvalue weighted by Gasteiger charge is 2.31. The maximum atomic E-state index is 4.62. The van der Waals surface area contributed by atoms with Crippen LogP contribution in [0.25, 0.3) is 0 Å². The van der Waals surface area contributed by atoms with Gasteiger partial charge in [-0.2, -0.15) is 4.98 Å². The Bertz CT molecular complexity index is 432. The fraction of sp³-hybridized carbons (Fsp3) is 0.714. The van der Waals surface area contributed by atoms with Gasteiger partial charge in [-0.15, -0.1) is 0 Å². The molecule has 0 amide bonds. The summed E-state index contributed by atoms with van der Waals surface area (Å²) < 4.78 is 0. The normalized spacial score (nSPS) is 23.2. The molecule has 1 saturated heterocycles. The zero-order chi connectivity index (χ0) is 14.0. The van der Waals surface area contributed by atoms with Crippen molar-refractivity contribution in [2.45, 2.75) is 26.8 Å². The number of hydrogen-bond acceptors (Lipinski definition) is 5. The third-order valence-electron chi connectivity index (χ3n) is 3.74. The first-order valence-corrected chi connectivity index (χ1v) is 7.02. The van der Waals surface area contributed by atoms with Crippen molar-refractivity contribution in [1.29, 1.82) is 0 Å². The summed E-state index contributed by atoms with van der Waals surface area (Å²) in [7, 11) is 4.31. The Kier molecular flexibility index (Phi) is 4.24. The Morgan fingerprint density at radius 3 is 2.68 bits per heavy atom. The molecule has 0 aliphatic carbocycles. The van der Waals surface area contributed by atoms with E-state index >= 15 is 0 Å². The quantitative estimate of drug-likeness (QED) is 0.894. The number of anilines is 2. The lowest BCUT2D eigenvalue weighted by molar-refractivity contribution is 0.266. The van der Waals surface area contributed by atoms with Crippen LogP contribution in [0.1, 0.15) is 19.5 Å². The minimum atomic E-state index is 0.595. The number of hydrogen-bond donors (Lipinski definition) is 1. The molecule has 1 aromatic heterocycles. The van der Waals surface area contributed by atoms with Crippen molar-refractivity contribution in [1.82, 2.24) is 14.9 Å². The van der Waals surface area contributed by atoms with Crippen molar-refractivity contribution in [2.24, 2.45) is 5.92 Å². The van der Waals surface area contributed by atoms with E-state index in [1.807, 2.05) is 6.92 Å². The zero-order valence-electron chi connectivity index (χ0n) is 12.6. The first kappa shape index (κ1) is 14.1. The largest absolute Gasteiger partial charge is 0.355 e. The molecule has 1 aliphatic rings. The van der Waals surface area contributed by atoms with Crippen LogP contribution < -0.4 is 10.2 Å². The Balaban J connectivity index is 2.18. The minimum absolute atomic E-state index is 0.595. The van der Waals surface area contributed by atoms with E-state index in [0.29, 0.717) is 12.0 Å². The molecule has 0 aromatic carbocycles. The Hall–Kier alpha value is -1.36. The van der Waals surface area contributed by atoms with Gasteiger partial charge in [0.2, 0.25) is 5.95 Å². The molecule has 1 aromatic rings. The molecule has 5 nitrogen and oxygen atoms in total. The molecule has 1 aliphatic heterocycles. The van der Waals surface area contributed by atoms with Crippen molar-refractivity contribution >= 4 is 11.8 Å². The van der Waals surface area contributed by atoms with Gasteiger partial charge in [-0.1, -0.05) is 6.92 Å². The van der Waals surface area contributed by atoms with Gasteiger partial charge in [0.05, 0.1) is 0 Å². The molecule has 2 atom stereocenters. The summed E-state index contributed by atoms with van der Waals surface area (Å²) in [5.41, 5.74) is 1.02. The zero-order valence-corrected chi connectivity index (χ0v) is 12.6. The first-order valence-electron chi connectivity index (χ1n) is 7.02. The predicted octanol–water partition coefficient (Wildman–Crippen LogP) is 1.60. The summed E-state index contributed by atoms with van der Waals surface area (Å²) in [5, 5.41) is 3.20. The van der Waals surface area contributed by atoms with Crippen molar-refractivity contribution in [3.8, 4) is 0 Å². The predicted molar refractivity (Wildman–Crippen MR) is 79.8 cm³/mol. The van der Waals surface area contributed by atoms with E-state index in [1.54, 1.807) is 0 Å². The van der Waals surface area contributed by atoms with Crippen LogP contribution in [0.3, 0.4) is 0 Å². The van der Waals surface area contributed by atoms with Gasteiger partial charge < -0.3 is 15.1 Å². The lowest BCUT2D eigenvalue weighted by Crippen LogP contribution is -2.34. The van der Waals surface area contributed by atoms with E-state index in [2.05, 4.69) is 59.1 Å². The maximum absolute atomic E-state index is 4.62. The summed E-state index contributed by atoms with van der Waals surface area (Å²) in [6.45, 7) is 9.34. The second kappa shape index (κ2) is 5.74. The van der Waals surface area contributed by atoms with E-state index in [1.165, 1.54) is 0 Å². The number of aromatic nitrogens is 2. The molecule has 19 heavy (non-hydrogen) atoms. The van der Waals surface area contributed by atoms with Crippen molar-refractivity contribution < 1.29 is 0 Å². The summed E-state index contributed by atoms with van der Waals surface area (Å²) in [6, 6.07) is 2.67. The minimum Gasteiger partial charge on any atom is -0.355 e. The molecule has 2 unspecified atom stereocenters. The molecule has 1 N–H and O–H groups in total. The number of aryl methyl sites for hydroxylation is 1. The smallest absolute Gasteiger partial charge is 0.224 e. The van der Waals surface area contributed by atoms with E-state index in [0.717, 1.165) is 37.1 Å². The van der Waals surface area contributed by atoms with Crippen LogP contribution in [-0.4, -0.2) is 54.6 Å². The van der Waals surface area contributed by atoms with Crippen molar-refractivity contribution in [3.05, 3.63) is 11.8 Å². The molecule has 1 fully saturated rings. The topological polar surface area (TPSA) is 44.3 Å². The molecule has 106 valence electrons. The molecule has 2 rings (SSSR count). The van der Waals surface area contributed by atoms with Crippen LogP contribution in [0.2, 0.25) is 0 Å². The Labute approximate surface area is 116 Å². The fourth-order valence-corrected chi connectivity index (χ4v) is 2.76. The van der Waals surface area contributed by atoms with E-state index in [9.17, 15) is 0 Å². The highest BCUT2D eigenvalue weighted by atomic mass is 15.3. The third-order valence-corrected chi connectivity index (χ3v) is 3.74. The maximum Gasteiger partial charge on any atom is 0.224 e. The van der Waals surface area contributed by atoms with Crippen molar-refractivity contribution in [3.63, 3.8) is 0 Å². The van der Waals surface area contributed by atoms with Crippen LogP contribution in [0.5, 0.6) is 0 Å². The molecule has 2 heterocycles. The van der Waals surface area contributed by atoms with Crippen LogP contribution >= 0.6 is 0 Å². The van der Waals surface area contributed by atoms with E-state index in [-0.39, 0.29) is 0 Å². The molecule has 0 bridgehead atoms. The highest BCUT2D eigenvalue weighted by molar-refractivity contribution is 5.46. The monoisotopic (exact) mass is 263 g/mol. The molecule has 5 heteroatoms. The van der Waals surface area contributed by atoms with Gasteiger partial charge >= 0.3 is 0 Å².